The first-order chi connectivity index (χ1) is 13.1. The minimum absolute atomic E-state index is 0.0150. The molecule has 3 aliphatic heterocycles. The van der Waals surface area contributed by atoms with Crippen molar-refractivity contribution in [3.8, 4) is 0 Å². The first kappa shape index (κ1) is 19.3. The molecule has 4 aliphatic rings. The van der Waals surface area contributed by atoms with E-state index in [1.54, 1.807) is 11.3 Å². The van der Waals surface area contributed by atoms with Crippen LogP contribution in [0.3, 0.4) is 0 Å². The Bertz CT molecular complexity index is 609. The lowest BCUT2D eigenvalue weighted by atomic mass is 9.72. The van der Waals surface area contributed by atoms with Gasteiger partial charge in [-0.25, -0.2) is 4.98 Å². The largest absolute Gasteiger partial charge is 0.378 e. The van der Waals surface area contributed by atoms with Gasteiger partial charge in [-0.3, -0.25) is 4.79 Å². The van der Waals surface area contributed by atoms with Crippen LogP contribution in [-0.2, 0) is 14.3 Å². The molecule has 2 bridgehead atoms. The van der Waals surface area contributed by atoms with E-state index in [4.69, 9.17) is 15.2 Å². The third kappa shape index (κ3) is 4.21. The Hall–Kier alpha value is -1.02. The van der Waals surface area contributed by atoms with E-state index in [0.717, 1.165) is 58.2 Å². The molecule has 2 atom stereocenters. The van der Waals surface area contributed by atoms with Gasteiger partial charge < -0.3 is 20.1 Å². The summed E-state index contributed by atoms with van der Waals surface area (Å²) in [6.45, 7) is 4.87. The van der Waals surface area contributed by atoms with Crippen LogP contribution in [0.5, 0.6) is 0 Å². The lowest BCUT2D eigenvalue weighted by molar-refractivity contribution is -0.155. The summed E-state index contributed by atoms with van der Waals surface area (Å²) < 4.78 is 12.0. The van der Waals surface area contributed by atoms with Gasteiger partial charge in [0.15, 0.2) is 0 Å². The van der Waals surface area contributed by atoms with E-state index < -0.39 is 6.04 Å². The number of nitrogens with two attached hydrogens (primary N) is 1. The van der Waals surface area contributed by atoms with Crippen LogP contribution in [0.4, 0.5) is 0 Å². The lowest BCUT2D eigenvalue weighted by Crippen LogP contribution is -2.53. The molecule has 0 unspecified atom stereocenters. The fraction of sp³-hybridized carbons (Fsp3) is 0.800. The molecule has 5 rings (SSSR count). The van der Waals surface area contributed by atoms with Crippen molar-refractivity contribution in [1.82, 2.24) is 9.88 Å². The third-order valence-electron chi connectivity index (χ3n) is 6.67. The van der Waals surface area contributed by atoms with Gasteiger partial charge >= 0.3 is 0 Å². The molecule has 0 radical (unpaired) electrons. The molecule has 1 aromatic rings. The summed E-state index contributed by atoms with van der Waals surface area (Å²) >= 11 is 1.71. The second kappa shape index (κ2) is 8.15. The minimum Gasteiger partial charge on any atom is -0.378 e. The standard InChI is InChI=1S/C20H31N3O3S/c1-14(25-12-20-6-2-16(3-7-20)26-13-20)17(21)19(24)23-9-4-15(5-10-23)18-22-8-11-27-18/h8,11,14-17H,2-7,9-10,12-13,21H2,1H3/t14-,16?,17+,20?/m1/s1. The van der Waals surface area contributed by atoms with E-state index in [9.17, 15) is 4.79 Å². The number of amides is 1. The van der Waals surface area contributed by atoms with E-state index in [1.165, 1.54) is 5.01 Å². The molecule has 4 fully saturated rings. The first-order valence-electron chi connectivity index (χ1n) is 10.2. The van der Waals surface area contributed by atoms with Crippen LogP contribution in [-0.4, -0.2) is 60.3 Å². The SMILES string of the molecule is C[C@@H](OCC12CCC(CC1)OC2)[C@H](N)C(=O)N1CCC(c2nccs2)CC1. The number of hydrogen-bond acceptors (Lipinski definition) is 6. The molecule has 7 heteroatoms. The van der Waals surface area contributed by atoms with Crippen molar-refractivity contribution in [2.24, 2.45) is 11.1 Å². The second-order valence-electron chi connectivity index (χ2n) is 8.52. The average Bonchev–Trinajstić information content (AvgIpc) is 3.27. The second-order valence-corrected chi connectivity index (χ2v) is 9.45. The highest BCUT2D eigenvalue weighted by atomic mass is 32.1. The predicted molar refractivity (Wildman–Crippen MR) is 105 cm³/mol. The van der Waals surface area contributed by atoms with Gasteiger partial charge in [0.2, 0.25) is 5.91 Å². The van der Waals surface area contributed by atoms with Crippen LogP contribution in [0.15, 0.2) is 11.6 Å². The van der Waals surface area contributed by atoms with Gasteiger partial charge in [0.25, 0.3) is 0 Å². The highest BCUT2D eigenvalue weighted by Gasteiger charge is 2.42. The van der Waals surface area contributed by atoms with Crippen molar-refractivity contribution in [1.29, 1.82) is 0 Å². The smallest absolute Gasteiger partial charge is 0.242 e. The minimum atomic E-state index is -0.598. The molecule has 1 amide bonds. The molecule has 2 N–H and O–H groups in total. The molecule has 0 spiro atoms. The zero-order valence-corrected chi connectivity index (χ0v) is 17.0. The van der Waals surface area contributed by atoms with Gasteiger partial charge in [0, 0.05) is 36.0 Å². The number of thiazole rings is 1. The van der Waals surface area contributed by atoms with E-state index in [1.807, 2.05) is 23.4 Å². The molecule has 1 aromatic heterocycles. The highest BCUT2D eigenvalue weighted by Crippen LogP contribution is 2.43. The summed E-state index contributed by atoms with van der Waals surface area (Å²) in [6.07, 6.45) is 8.56. The van der Waals surface area contributed by atoms with Crippen molar-refractivity contribution >= 4 is 17.2 Å². The molecule has 27 heavy (non-hydrogen) atoms. The Morgan fingerprint density at radius 2 is 2.15 bits per heavy atom. The van der Waals surface area contributed by atoms with E-state index >= 15 is 0 Å². The Balaban J connectivity index is 1.25. The number of fused-ring (bicyclic) bond motifs is 3. The van der Waals surface area contributed by atoms with Crippen LogP contribution < -0.4 is 5.73 Å². The maximum Gasteiger partial charge on any atom is 0.242 e. The van der Waals surface area contributed by atoms with Crippen LogP contribution in [0.25, 0.3) is 0 Å². The Morgan fingerprint density at radius 3 is 2.74 bits per heavy atom. The van der Waals surface area contributed by atoms with Gasteiger partial charge in [0.1, 0.15) is 6.04 Å². The van der Waals surface area contributed by atoms with Gasteiger partial charge in [0.05, 0.1) is 30.4 Å². The van der Waals surface area contributed by atoms with Crippen molar-refractivity contribution in [3.05, 3.63) is 16.6 Å². The third-order valence-corrected chi connectivity index (χ3v) is 7.61. The number of likely N-dealkylation sites (tertiary alicyclic amines) is 1. The number of piperidine rings is 1. The maximum atomic E-state index is 12.8. The van der Waals surface area contributed by atoms with Crippen molar-refractivity contribution in [2.75, 3.05) is 26.3 Å². The topological polar surface area (TPSA) is 77.7 Å². The number of rotatable bonds is 6. The lowest BCUT2D eigenvalue weighted by Gasteiger charge is -2.46. The molecule has 6 nitrogen and oxygen atoms in total. The van der Waals surface area contributed by atoms with Crippen molar-refractivity contribution in [2.45, 2.75) is 69.6 Å². The zero-order chi connectivity index (χ0) is 18.9. The van der Waals surface area contributed by atoms with Gasteiger partial charge in [-0.1, -0.05) is 0 Å². The van der Waals surface area contributed by atoms with E-state index in [2.05, 4.69) is 4.98 Å². The normalized spacial score (nSPS) is 31.0. The van der Waals surface area contributed by atoms with Crippen molar-refractivity contribution in [3.63, 3.8) is 0 Å². The summed E-state index contributed by atoms with van der Waals surface area (Å²) in [7, 11) is 0. The summed E-state index contributed by atoms with van der Waals surface area (Å²) in [5.74, 6) is 0.487. The van der Waals surface area contributed by atoms with Gasteiger partial charge in [-0.2, -0.15) is 0 Å². The molecular weight excluding hydrogens is 362 g/mol. The van der Waals surface area contributed by atoms with Crippen LogP contribution in [0.1, 0.15) is 56.4 Å². The van der Waals surface area contributed by atoms with E-state index in [0.29, 0.717) is 18.6 Å². The monoisotopic (exact) mass is 393 g/mol. The number of aromatic nitrogens is 1. The van der Waals surface area contributed by atoms with E-state index in [-0.39, 0.29) is 17.4 Å². The number of carbonyl (C=O) groups is 1. The molecule has 4 heterocycles. The summed E-state index contributed by atoms with van der Waals surface area (Å²) in [5, 5.41) is 3.21. The first-order valence-corrected chi connectivity index (χ1v) is 11.1. The number of nitrogens with zero attached hydrogens (tertiary/aromatic N) is 2. The van der Waals surface area contributed by atoms with Crippen LogP contribution >= 0.6 is 11.3 Å². The molecule has 1 aliphatic carbocycles. The molecule has 1 saturated carbocycles. The molecule has 150 valence electrons. The zero-order valence-electron chi connectivity index (χ0n) is 16.1. The molecular formula is C20H31N3O3S. The predicted octanol–water partition coefficient (Wildman–Crippen LogP) is 2.54. The quantitative estimate of drug-likeness (QED) is 0.804. The number of ether oxygens (including phenoxy) is 2. The van der Waals surface area contributed by atoms with Gasteiger partial charge in [-0.15, -0.1) is 11.3 Å². The summed E-state index contributed by atoms with van der Waals surface area (Å²) in [6, 6.07) is -0.598. The maximum absolute atomic E-state index is 12.8. The molecule has 3 saturated heterocycles. The Labute approximate surface area is 165 Å². The Kier molecular flexibility index (Phi) is 5.83. The highest BCUT2D eigenvalue weighted by molar-refractivity contribution is 7.09. The fourth-order valence-corrected chi connectivity index (χ4v) is 5.41. The number of carbonyl (C=O) groups excluding carboxylic acids is 1. The fourth-order valence-electron chi connectivity index (χ4n) is 4.60. The van der Waals surface area contributed by atoms with Crippen LogP contribution in [0.2, 0.25) is 0 Å². The van der Waals surface area contributed by atoms with Gasteiger partial charge in [-0.05, 0) is 45.4 Å². The van der Waals surface area contributed by atoms with Crippen LogP contribution in [0, 0.1) is 5.41 Å². The van der Waals surface area contributed by atoms with Crippen molar-refractivity contribution < 1.29 is 14.3 Å². The molecule has 0 aromatic carbocycles. The number of hydrogen-bond donors (Lipinski definition) is 1. The average molecular weight is 394 g/mol. The Morgan fingerprint density at radius 1 is 1.41 bits per heavy atom. The summed E-state index contributed by atoms with van der Waals surface area (Å²) in [4.78, 5) is 19.1. The summed E-state index contributed by atoms with van der Waals surface area (Å²) in [5.41, 5.74) is 6.41.